The van der Waals surface area contributed by atoms with Crippen LogP contribution in [0.3, 0.4) is 0 Å². The second-order valence-corrected chi connectivity index (χ2v) is 7.92. The quantitative estimate of drug-likeness (QED) is 0.654. The molecule has 0 radical (unpaired) electrons. The SMILES string of the molecule is O=C1NCc2nc(-c3c(F)cccc3Cl)cc(Cc3cnc([C@@H]4CCNC4=O)cn3)c21. The van der Waals surface area contributed by atoms with Gasteiger partial charge in [-0.15, -0.1) is 0 Å². The van der Waals surface area contributed by atoms with Gasteiger partial charge in [0.1, 0.15) is 5.82 Å². The third-order valence-corrected chi connectivity index (χ3v) is 5.86. The lowest BCUT2D eigenvalue weighted by Crippen LogP contribution is -2.18. The highest BCUT2D eigenvalue weighted by molar-refractivity contribution is 6.33. The van der Waals surface area contributed by atoms with Gasteiger partial charge in [0.25, 0.3) is 5.91 Å². The van der Waals surface area contributed by atoms with Gasteiger partial charge in [0.2, 0.25) is 5.91 Å². The highest BCUT2D eigenvalue weighted by atomic mass is 35.5. The number of hydrogen-bond donors (Lipinski definition) is 2. The van der Waals surface area contributed by atoms with Gasteiger partial charge in [0, 0.05) is 25.4 Å². The Balaban J connectivity index is 1.52. The van der Waals surface area contributed by atoms with Crippen LogP contribution in [0.5, 0.6) is 0 Å². The molecular weight excluding hydrogens is 421 g/mol. The fourth-order valence-electron chi connectivity index (χ4n) is 4.03. The largest absolute Gasteiger partial charge is 0.355 e. The number of hydrogen-bond acceptors (Lipinski definition) is 5. The molecular formula is C22H17ClFN5O2. The van der Waals surface area contributed by atoms with E-state index in [0.29, 0.717) is 53.3 Å². The highest BCUT2D eigenvalue weighted by Crippen LogP contribution is 2.33. The third kappa shape index (κ3) is 3.53. The summed E-state index contributed by atoms with van der Waals surface area (Å²) in [6.45, 7) is 0.898. The molecule has 0 unspecified atom stereocenters. The summed E-state index contributed by atoms with van der Waals surface area (Å²) in [5.41, 5.74) is 3.48. The topological polar surface area (TPSA) is 96.9 Å². The first kappa shape index (κ1) is 19.6. The van der Waals surface area contributed by atoms with Crippen molar-refractivity contribution in [3.8, 4) is 11.3 Å². The number of carbonyl (C=O) groups excluding carboxylic acids is 2. The van der Waals surface area contributed by atoms with Crippen molar-refractivity contribution in [3.05, 3.63) is 75.7 Å². The Labute approximate surface area is 182 Å². The van der Waals surface area contributed by atoms with Gasteiger partial charge in [-0.25, -0.2) is 9.37 Å². The molecule has 0 spiro atoms. The van der Waals surface area contributed by atoms with Gasteiger partial charge in [0.15, 0.2) is 0 Å². The lowest BCUT2D eigenvalue weighted by Gasteiger charge is -2.12. The Morgan fingerprint density at radius 3 is 2.71 bits per heavy atom. The molecule has 9 heteroatoms. The van der Waals surface area contributed by atoms with E-state index in [-0.39, 0.29) is 34.9 Å². The third-order valence-electron chi connectivity index (χ3n) is 5.54. The number of nitrogens with one attached hydrogen (secondary N) is 2. The molecule has 0 aliphatic carbocycles. The lowest BCUT2D eigenvalue weighted by molar-refractivity contribution is -0.120. The Hall–Kier alpha value is -3.39. The second-order valence-electron chi connectivity index (χ2n) is 7.51. The fourth-order valence-corrected chi connectivity index (χ4v) is 4.29. The molecule has 5 rings (SSSR count). The number of benzene rings is 1. The molecule has 1 fully saturated rings. The minimum absolute atomic E-state index is 0.0444. The number of halogens is 2. The molecule has 2 aliphatic rings. The van der Waals surface area contributed by atoms with Crippen molar-refractivity contribution in [2.75, 3.05) is 6.54 Å². The average molecular weight is 438 g/mol. The molecule has 2 N–H and O–H groups in total. The van der Waals surface area contributed by atoms with Crippen molar-refractivity contribution >= 4 is 23.4 Å². The van der Waals surface area contributed by atoms with Gasteiger partial charge in [-0.3, -0.25) is 19.6 Å². The van der Waals surface area contributed by atoms with Crippen molar-refractivity contribution in [2.24, 2.45) is 0 Å². The Morgan fingerprint density at radius 1 is 1.13 bits per heavy atom. The van der Waals surface area contributed by atoms with Crippen molar-refractivity contribution in [2.45, 2.75) is 25.3 Å². The molecule has 31 heavy (non-hydrogen) atoms. The van der Waals surface area contributed by atoms with Crippen LogP contribution in [-0.4, -0.2) is 33.3 Å². The van der Waals surface area contributed by atoms with Crippen LogP contribution < -0.4 is 10.6 Å². The zero-order valence-electron chi connectivity index (χ0n) is 16.3. The molecule has 4 heterocycles. The first-order valence-electron chi connectivity index (χ1n) is 9.85. The number of nitrogens with zero attached hydrogens (tertiary/aromatic N) is 3. The van der Waals surface area contributed by atoms with E-state index in [1.54, 1.807) is 24.5 Å². The zero-order valence-corrected chi connectivity index (χ0v) is 17.0. The van der Waals surface area contributed by atoms with Crippen LogP contribution in [0.1, 0.15) is 45.3 Å². The van der Waals surface area contributed by atoms with Gasteiger partial charge >= 0.3 is 0 Å². The van der Waals surface area contributed by atoms with Gasteiger partial charge in [0.05, 0.1) is 51.4 Å². The summed E-state index contributed by atoms with van der Waals surface area (Å²) in [6.07, 6.45) is 4.20. The maximum absolute atomic E-state index is 14.5. The van der Waals surface area contributed by atoms with Crippen molar-refractivity contribution in [1.29, 1.82) is 0 Å². The summed E-state index contributed by atoms with van der Waals surface area (Å²) in [5, 5.41) is 5.79. The molecule has 0 saturated carbocycles. The van der Waals surface area contributed by atoms with E-state index in [1.165, 1.54) is 12.1 Å². The Bertz CT molecular complexity index is 1200. The summed E-state index contributed by atoms with van der Waals surface area (Å²) in [5.74, 6) is -1.04. The van der Waals surface area contributed by atoms with Crippen LogP contribution in [0.2, 0.25) is 5.02 Å². The van der Waals surface area contributed by atoms with Crippen molar-refractivity contribution in [1.82, 2.24) is 25.6 Å². The number of pyridine rings is 1. The monoisotopic (exact) mass is 437 g/mol. The van der Waals surface area contributed by atoms with E-state index in [1.807, 2.05) is 0 Å². The number of carbonyl (C=O) groups is 2. The Morgan fingerprint density at radius 2 is 2.00 bits per heavy atom. The number of fused-ring (bicyclic) bond motifs is 1. The summed E-state index contributed by atoms with van der Waals surface area (Å²) < 4.78 is 14.5. The predicted octanol–water partition coefficient (Wildman–Crippen LogP) is 2.77. The molecule has 0 bridgehead atoms. The van der Waals surface area contributed by atoms with E-state index in [4.69, 9.17) is 11.6 Å². The number of amides is 2. The Kier molecular flexibility index (Phi) is 4.86. The van der Waals surface area contributed by atoms with Crippen LogP contribution >= 0.6 is 11.6 Å². The molecule has 1 aromatic carbocycles. The van der Waals surface area contributed by atoms with Gasteiger partial charge in [-0.05, 0) is 30.2 Å². The minimum atomic E-state index is -0.484. The van der Waals surface area contributed by atoms with Gasteiger partial charge < -0.3 is 10.6 Å². The van der Waals surface area contributed by atoms with E-state index in [9.17, 15) is 14.0 Å². The van der Waals surface area contributed by atoms with Gasteiger partial charge in [-0.2, -0.15) is 0 Å². The highest BCUT2D eigenvalue weighted by Gasteiger charge is 2.28. The molecule has 2 aliphatic heterocycles. The minimum Gasteiger partial charge on any atom is -0.355 e. The van der Waals surface area contributed by atoms with Crippen molar-refractivity contribution in [3.63, 3.8) is 0 Å². The summed E-state index contributed by atoms with van der Waals surface area (Å²) in [4.78, 5) is 37.6. The van der Waals surface area contributed by atoms with E-state index in [0.717, 1.165) is 0 Å². The van der Waals surface area contributed by atoms with E-state index >= 15 is 0 Å². The molecule has 7 nitrogen and oxygen atoms in total. The molecule has 3 aromatic rings. The lowest BCUT2D eigenvalue weighted by atomic mass is 9.99. The second kappa shape index (κ2) is 7.70. The summed E-state index contributed by atoms with van der Waals surface area (Å²) in [7, 11) is 0. The molecule has 2 aromatic heterocycles. The molecule has 156 valence electrons. The number of rotatable bonds is 4. The fraction of sp³-hybridized carbons (Fsp3) is 0.227. The summed E-state index contributed by atoms with van der Waals surface area (Å²) >= 11 is 6.23. The smallest absolute Gasteiger partial charge is 0.253 e. The van der Waals surface area contributed by atoms with Crippen LogP contribution in [0.15, 0.2) is 36.7 Å². The van der Waals surface area contributed by atoms with E-state index < -0.39 is 5.82 Å². The van der Waals surface area contributed by atoms with Crippen LogP contribution in [0.4, 0.5) is 4.39 Å². The van der Waals surface area contributed by atoms with Crippen LogP contribution in [0.25, 0.3) is 11.3 Å². The maximum atomic E-state index is 14.5. The first-order chi connectivity index (χ1) is 15.0. The molecule has 2 amide bonds. The molecule has 1 atom stereocenters. The van der Waals surface area contributed by atoms with Crippen molar-refractivity contribution < 1.29 is 14.0 Å². The molecule has 1 saturated heterocycles. The van der Waals surface area contributed by atoms with Crippen LogP contribution in [0, 0.1) is 5.82 Å². The zero-order chi connectivity index (χ0) is 21.5. The van der Waals surface area contributed by atoms with Gasteiger partial charge in [-0.1, -0.05) is 17.7 Å². The standard InChI is InChI=1S/C22H17ClFN5O2/c23-14-2-1-3-15(24)20(14)16-7-11(19-18(29-16)10-28-22(19)31)6-12-8-27-17(9-26-12)13-4-5-25-21(13)30/h1-3,7-9,13H,4-6,10H2,(H,25,30)(H,28,31)/t13-/m0/s1. The first-order valence-corrected chi connectivity index (χ1v) is 10.2. The number of aromatic nitrogens is 3. The van der Waals surface area contributed by atoms with Crippen LogP contribution in [-0.2, 0) is 17.8 Å². The predicted molar refractivity (Wildman–Crippen MR) is 111 cm³/mol. The normalized spacial score (nSPS) is 17.4. The van der Waals surface area contributed by atoms with E-state index in [2.05, 4.69) is 25.6 Å². The average Bonchev–Trinajstić information content (AvgIpc) is 3.34. The summed E-state index contributed by atoms with van der Waals surface area (Å²) in [6, 6.07) is 6.13. The maximum Gasteiger partial charge on any atom is 0.253 e.